The Kier molecular flexibility index (Phi) is 6.27. The van der Waals surface area contributed by atoms with Gasteiger partial charge < -0.3 is 10.6 Å². The molecule has 0 fully saturated rings. The van der Waals surface area contributed by atoms with Crippen molar-refractivity contribution in [3.05, 3.63) is 34.9 Å². The average molecular weight is 272 g/mol. The number of hydrogen-bond donors (Lipinski definition) is 1. The Bertz CT molecular complexity index is 526. The normalized spacial score (nSPS) is 11.4. The van der Waals surface area contributed by atoms with Gasteiger partial charge in [0, 0.05) is 24.2 Å². The molecular weight excluding hydrogens is 248 g/mol. The second-order valence-corrected chi connectivity index (χ2v) is 5.09. The lowest BCUT2D eigenvalue weighted by Gasteiger charge is -2.25. The van der Waals surface area contributed by atoms with Gasteiger partial charge in [-0.15, -0.1) is 0 Å². The summed E-state index contributed by atoms with van der Waals surface area (Å²) < 4.78 is 0. The first kappa shape index (κ1) is 16.3. The lowest BCUT2D eigenvalue weighted by molar-refractivity contribution is 0.0736. The van der Waals surface area contributed by atoms with E-state index in [1.807, 2.05) is 37.1 Å². The second kappa shape index (κ2) is 7.72. The first-order valence-electron chi connectivity index (χ1n) is 7.08. The molecule has 0 saturated carbocycles. The summed E-state index contributed by atoms with van der Waals surface area (Å²) in [6.07, 6.45) is 2.09. The third kappa shape index (κ3) is 4.11. The second-order valence-electron chi connectivity index (χ2n) is 5.09. The van der Waals surface area contributed by atoms with E-state index in [2.05, 4.69) is 25.7 Å². The van der Waals surface area contributed by atoms with Crippen LogP contribution in [0.3, 0.4) is 0 Å². The molecule has 0 saturated heterocycles. The molecule has 3 heteroatoms. The molecule has 1 atom stereocenters. The van der Waals surface area contributed by atoms with Gasteiger partial charge in [0.15, 0.2) is 0 Å². The molecule has 0 aliphatic heterocycles. The molecule has 1 rings (SSSR count). The van der Waals surface area contributed by atoms with Gasteiger partial charge in [-0.05, 0) is 44.0 Å². The summed E-state index contributed by atoms with van der Waals surface area (Å²) in [5.41, 5.74) is 8.02. The van der Waals surface area contributed by atoms with Crippen LogP contribution in [-0.4, -0.2) is 30.4 Å². The molecule has 0 spiro atoms. The summed E-state index contributed by atoms with van der Waals surface area (Å²) in [6.45, 7) is 6.52. The van der Waals surface area contributed by atoms with Crippen LogP contribution in [0.4, 0.5) is 0 Å². The smallest absolute Gasteiger partial charge is 0.253 e. The number of nitrogens with two attached hydrogens (primary N) is 1. The molecular formula is C17H24N2O. The van der Waals surface area contributed by atoms with Gasteiger partial charge in [-0.3, -0.25) is 4.79 Å². The van der Waals surface area contributed by atoms with E-state index in [9.17, 15) is 4.79 Å². The Morgan fingerprint density at radius 3 is 2.70 bits per heavy atom. The fourth-order valence-electron chi connectivity index (χ4n) is 2.10. The van der Waals surface area contributed by atoms with Gasteiger partial charge in [0.05, 0.1) is 6.54 Å². The van der Waals surface area contributed by atoms with Gasteiger partial charge in [-0.25, -0.2) is 0 Å². The first-order chi connectivity index (χ1) is 9.51. The third-order valence-electron chi connectivity index (χ3n) is 3.49. The average Bonchev–Trinajstić information content (AvgIpc) is 2.44. The summed E-state index contributed by atoms with van der Waals surface area (Å²) in [7, 11) is 1.86. The molecule has 1 aromatic carbocycles. The molecule has 3 nitrogen and oxygen atoms in total. The topological polar surface area (TPSA) is 46.3 Å². The monoisotopic (exact) mass is 272 g/mol. The van der Waals surface area contributed by atoms with Crippen LogP contribution in [0.25, 0.3) is 0 Å². The van der Waals surface area contributed by atoms with Gasteiger partial charge >= 0.3 is 0 Å². The highest BCUT2D eigenvalue weighted by atomic mass is 16.2. The number of amides is 1. The van der Waals surface area contributed by atoms with E-state index in [4.69, 9.17) is 5.73 Å². The van der Waals surface area contributed by atoms with Gasteiger partial charge in [-0.2, -0.15) is 0 Å². The van der Waals surface area contributed by atoms with Crippen LogP contribution >= 0.6 is 0 Å². The third-order valence-corrected chi connectivity index (χ3v) is 3.49. The van der Waals surface area contributed by atoms with E-state index in [0.717, 1.165) is 24.0 Å². The lowest BCUT2D eigenvalue weighted by Crippen LogP contribution is -2.35. The zero-order chi connectivity index (χ0) is 15.1. The Labute approximate surface area is 122 Å². The molecule has 1 unspecified atom stereocenters. The van der Waals surface area contributed by atoms with Crippen molar-refractivity contribution in [3.8, 4) is 11.8 Å². The van der Waals surface area contributed by atoms with Crippen LogP contribution in [-0.2, 0) is 0 Å². The van der Waals surface area contributed by atoms with Gasteiger partial charge in [0.1, 0.15) is 0 Å². The fourth-order valence-corrected chi connectivity index (χ4v) is 2.10. The quantitative estimate of drug-likeness (QED) is 0.856. The number of carbonyl (C=O) groups excluding carboxylic acids is 1. The van der Waals surface area contributed by atoms with E-state index < -0.39 is 0 Å². The van der Waals surface area contributed by atoms with Crippen molar-refractivity contribution in [2.24, 2.45) is 5.73 Å². The van der Waals surface area contributed by atoms with E-state index in [-0.39, 0.29) is 11.9 Å². The maximum absolute atomic E-state index is 12.4. The van der Waals surface area contributed by atoms with E-state index in [0.29, 0.717) is 12.1 Å². The van der Waals surface area contributed by atoms with Crippen LogP contribution < -0.4 is 5.73 Å². The molecule has 0 aliphatic rings. The van der Waals surface area contributed by atoms with Gasteiger partial charge in [0.25, 0.3) is 5.91 Å². The van der Waals surface area contributed by atoms with E-state index in [1.54, 1.807) is 0 Å². The molecule has 0 aliphatic carbocycles. The summed E-state index contributed by atoms with van der Waals surface area (Å²) in [4.78, 5) is 14.2. The first-order valence-corrected chi connectivity index (χ1v) is 7.08. The molecule has 1 amide bonds. The predicted molar refractivity (Wildman–Crippen MR) is 83.6 cm³/mol. The molecule has 0 heterocycles. The molecule has 0 bridgehead atoms. The van der Waals surface area contributed by atoms with E-state index >= 15 is 0 Å². The zero-order valence-corrected chi connectivity index (χ0v) is 12.9. The summed E-state index contributed by atoms with van der Waals surface area (Å²) in [6, 6.07) is 5.89. The van der Waals surface area contributed by atoms with Crippen LogP contribution in [0, 0.1) is 18.8 Å². The van der Waals surface area contributed by atoms with Crippen molar-refractivity contribution in [2.75, 3.05) is 13.6 Å². The highest BCUT2D eigenvalue weighted by molar-refractivity contribution is 5.94. The van der Waals surface area contributed by atoms with Crippen molar-refractivity contribution in [1.82, 2.24) is 4.90 Å². The number of benzene rings is 1. The molecule has 0 radical (unpaired) electrons. The number of nitrogens with zero attached hydrogens (tertiary/aromatic N) is 1. The van der Waals surface area contributed by atoms with Crippen LogP contribution in [0.15, 0.2) is 18.2 Å². The van der Waals surface area contributed by atoms with Gasteiger partial charge in [0.2, 0.25) is 0 Å². The SMILES string of the molecule is CCCC(C)N(C)C(=O)c1ccc(C#CCN)c(C)c1. The summed E-state index contributed by atoms with van der Waals surface area (Å²) >= 11 is 0. The van der Waals surface area contributed by atoms with Crippen molar-refractivity contribution in [1.29, 1.82) is 0 Å². The number of hydrogen-bond acceptors (Lipinski definition) is 2. The molecule has 2 N–H and O–H groups in total. The number of rotatable bonds is 4. The minimum Gasteiger partial charge on any atom is -0.339 e. The van der Waals surface area contributed by atoms with Crippen molar-refractivity contribution in [2.45, 2.75) is 39.7 Å². The van der Waals surface area contributed by atoms with Crippen molar-refractivity contribution >= 4 is 5.91 Å². The van der Waals surface area contributed by atoms with E-state index in [1.165, 1.54) is 0 Å². The van der Waals surface area contributed by atoms with Crippen LogP contribution in [0.5, 0.6) is 0 Å². The minimum atomic E-state index is 0.0624. The molecule has 0 aromatic heterocycles. The maximum atomic E-state index is 12.4. The van der Waals surface area contributed by atoms with Crippen molar-refractivity contribution < 1.29 is 4.79 Å². The van der Waals surface area contributed by atoms with Crippen molar-refractivity contribution in [3.63, 3.8) is 0 Å². The molecule has 108 valence electrons. The largest absolute Gasteiger partial charge is 0.339 e. The predicted octanol–water partition coefficient (Wildman–Crippen LogP) is 2.57. The standard InChI is InChI=1S/C17H24N2O/c1-5-7-14(3)19(4)17(20)16-10-9-15(8-6-11-18)13(2)12-16/h9-10,12,14H,5,7,11,18H2,1-4H3. The zero-order valence-electron chi connectivity index (χ0n) is 12.9. The Morgan fingerprint density at radius 1 is 1.45 bits per heavy atom. The number of aryl methyl sites for hydroxylation is 1. The summed E-state index contributed by atoms with van der Waals surface area (Å²) in [5.74, 6) is 5.91. The minimum absolute atomic E-state index is 0.0624. The Hall–Kier alpha value is -1.79. The Morgan fingerprint density at radius 2 is 2.15 bits per heavy atom. The Balaban J connectivity index is 2.92. The lowest BCUT2D eigenvalue weighted by atomic mass is 10.0. The molecule has 1 aromatic rings. The highest BCUT2D eigenvalue weighted by Crippen LogP contribution is 2.14. The fraction of sp³-hybridized carbons (Fsp3) is 0.471. The van der Waals surface area contributed by atoms with Crippen LogP contribution in [0.2, 0.25) is 0 Å². The molecule has 20 heavy (non-hydrogen) atoms. The van der Waals surface area contributed by atoms with Crippen LogP contribution in [0.1, 0.15) is 48.2 Å². The van der Waals surface area contributed by atoms with Gasteiger partial charge in [-0.1, -0.05) is 25.2 Å². The maximum Gasteiger partial charge on any atom is 0.253 e. The highest BCUT2D eigenvalue weighted by Gasteiger charge is 2.17. The summed E-state index contributed by atoms with van der Waals surface area (Å²) in [5, 5.41) is 0. The number of carbonyl (C=O) groups is 1.